The summed E-state index contributed by atoms with van der Waals surface area (Å²) in [6, 6.07) is 5.46. The van der Waals surface area contributed by atoms with E-state index in [-0.39, 0.29) is 24.3 Å². The second-order valence-electron chi connectivity index (χ2n) is 7.64. The monoisotopic (exact) mass is 344 g/mol. The Morgan fingerprint density at radius 3 is 2.68 bits per heavy atom. The zero-order chi connectivity index (χ0) is 18.0. The lowest BCUT2D eigenvalue weighted by molar-refractivity contribution is -0.116. The molecule has 5 heteroatoms. The third kappa shape index (κ3) is 3.87. The van der Waals surface area contributed by atoms with E-state index in [4.69, 9.17) is 0 Å². The van der Waals surface area contributed by atoms with Gasteiger partial charge in [-0.1, -0.05) is 19.3 Å². The Morgan fingerprint density at radius 1 is 1.28 bits per heavy atom. The summed E-state index contributed by atoms with van der Waals surface area (Å²) in [6.45, 7) is 4.33. The standard InChI is InChI=1S/C20H28N2O3/c1-14(23)22-11-10-15-12-16(8-9-18(15)22)19(24)21-13-20(2,25)17-6-4-3-5-7-17/h8-9,12,17,25H,3-7,10-11,13H2,1-2H3,(H,21,24). The lowest BCUT2D eigenvalue weighted by atomic mass is 9.78. The molecule has 0 saturated heterocycles. The van der Waals surface area contributed by atoms with E-state index in [0.717, 1.165) is 43.4 Å². The van der Waals surface area contributed by atoms with Crippen molar-refractivity contribution >= 4 is 17.5 Å². The smallest absolute Gasteiger partial charge is 0.251 e. The molecule has 1 aromatic rings. The Bertz CT molecular complexity index is 663. The summed E-state index contributed by atoms with van der Waals surface area (Å²) in [6.07, 6.45) is 6.39. The van der Waals surface area contributed by atoms with E-state index >= 15 is 0 Å². The summed E-state index contributed by atoms with van der Waals surface area (Å²) < 4.78 is 0. The number of nitrogens with one attached hydrogen (secondary N) is 1. The van der Waals surface area contributed by atoms with Gasteiger partial charge >= 0.3 is 0 Å². The van der Waals surface area contributed by atoms with Crippen LogP contribution in [0.5, 0.6) is 0 Å². The van der Waals surface area contributed by atoms with Crippen LogP contribution in [0.1, 0.15) is 61.9 Å². The van der Waals surface area contributed by atoms with Gasteiger partial charge in [-0.2, -0.15) is 0 Å². The molecule has 5 nitrogen and oxygen atoms in total. The molecule has 3 rings (SSSR count). The molecule has 1 atom stereocenters. The number of nitrogens with zero attached hydrogens (tertiary/aromatic N) is 1. The van der Waals surface area contributed by atoms with Crippen molar-refractivity contribution in [3.8, 4) is 0 Å². The molecule has 136 valence electrons. The van der Waals surface area contributed by atoms with E-state index in [1.165, 1.54) is 6.42 Å². The van der Waals surface area contributed by atoms with Crippen molar-refractivity contribution in [1.82, 2.24) is 5.32 Å². The SMILES string of the molecule is CC(=O)N1CCc2cc(C(=O)NCC(C)(O)C3CCCCC3)ccc21. The molecule has 25 heavy (non-hydrogen) atoms. The van der Waals surface area contributed by atoms with Crippen molar-refractivity contribution in [2.45, 2.75) is 58.0 Å². The van der Waals surface area contributed by atoms with Gasteiger partial charge in [-0.3, -0.25) is 9.59 Å². The number of hydrogen-bond donors (Lipinski definition) is 2. The third-order valence-electron chi connectivity index (χ3n) is 5.71. The van der Waals surface area contributed by atoms with Gasteiger partial charge < -0.3 is 15.3 Å². The van der Waals surface area contributed by atoms with E-state index in [0.29, 0.717) is 12.1 Å². The van der Waals surface area contributed by atoms with E-state index in [2.05, 4.69) is 5.32 Å². The molecule has 2 N–H and O–H groups in total. The van der Waals surface area contributed by atoms with Crippen LogP contribution in [0, 0.1) is 5.92 Å². The molecule has 2 aliphatic rings. The first-order valence-corrected chi connectivity index (χ1v) is 9.30. The summed E-state index contributed by atoms with van der Waals surface area (Å²) in [5.74, 6) is 0.116. The molecule has 1 aliphatic heterocycles. The van der Waals surface area contributed by atoms with E-state index in [9.17, 15) is 14.7 Å². The van der Waals surface area contributed by atoms with Crippen LogP contribution in [0.25, 0.3) is 0 Å². The van der Waals surface area contributed by atoms with Crippen LogP contribution in [0.15, 0.2) is 18.2 Å². The predicted molar refractivity (Wildman–Crippen MR) is 97.7 cm³/mol. The van der Waals surface area contributed by atoms with E-state index in [1.54, 1.807) is 17.9 Å². The average Bonchev–Trinajstić information content (AvgIpc) is 3.04. The van der Waals surface area contributed by atoms with Gasteiger partial charge in [0.1, 0.15) is 0 Å². The lowest BCUT2D eigenvalue weighted by Crippen LogP contribution is -2.46. The van der Waals surface area contributed by atoms with Gasteiger partial charge in [0.25, 0.3) is 5.91 Å². The van der Waals surface area contributed by atoms with E-state index in [1.807, 2.05) is 19.1 Å². The number of anilines is 1. The number of rotatable bonds is 4. The molecule has 1 fully saturated rings. The van der Waals surface area contributed by atoms with Gasteiger partial charge in [0.2, 0.25) is 5.91 Å². The first-order chi connectivity index (χ1) is 11.9. The fourth-order valence-electron chi connectivity index (χ4n) is 4.10. The number of fused-ring (bicyclic) bond motifs is 1. The Kier molecular flexibility index (Phi) is 5.13. The summed E-state index contributed by atoms with van der Waals surface area (Å²) in [5, 5.41) is 13.6. The Hall–Kier alpha value is -1.88. The van der Waals surface area contributed by atoms with Gasteiger partial charge in [0.15, 0.2) is 0 Å². The topological polar surface area (TPSA) is 69.6 Å². The van der Waals surface area contributed by atoms with Crippen LogP contribution in [0.2, 0.25) is 0 Å². The van der Waals surface area contributed by atoms with Gasteiger partial charge in [0.05, 0.1) is 5.60 Å². The molecule has 1 aromatic carbocycles. The molecule has 0 bridgehead atoms. The first-order valence-electron chi connectivity index (χ1n) is 9.30. The maximum Gasteiger partial charge on any atom is 0.251 e. The minimum Gasteiger partial charge on any atom is -0.388 e. The number of benzene rings is 1. The largest absolute Gasteiger partial charge is 0.388 e. The van der Waals surface area contributed by atoms with Crippen molar-refractivity contribution in [2.24, 2.45) is 5.92 Å². The molecular formula is C20H28N2O3. The highest BCUT2D eigenvalue weighted by Crippen LogP contribution is 2.32. The molecule has 2 amide bonds. The van der Waals surface area contributed by atoms with Crippen LogP contribution in [0.3, 0.4) is 0 Å². The number of hydrogen-bond acceptors (Lipinski definition) is 3. The third-order valence-corrected chi connectivity index (χ3v) is 5.71. The highest BCUT2D eigenvalue weighted by Gasteiger charge is 2.33. The Labute approximate surface area is 149 Å². The summed E-state index contributed by atoms with van der Waals surface area (Å²) in [4.78, 5) is 25.8. The normalized spacial score (nSPS) is 20.0. The molecule has 0 spiro atoms. The van der Waals surface area contributed by atoms with Crippen LogP contribution >= 0.6 is 0 Å². The van der Waals surface area contributed by atoms with E-state index < -0.39 is 5.60 Å². The van der Waals surface area contributed by atoms with Crippen molar-refractivity contribution in [2.75, 3.05) is 18.0 Å². The maximum absolute atomic E-state index is 12.5. The average molecular weight is 344 g/mol. The predicted octanol–water partition coefficient (Wildman–Crippen LogP) is 2.66. The zero-order valence-corrected chi connectivity index (χ0v) is 15.2. The molecule has 1 aliphatic carbocycles. The van der Waals surface area contributed by atoms with Crippen molar-refractivity contribution in [3.63, 3.8) is 0 Å². The van der Waals surface area contributed by atoms with Crippen LogP contribution in [-0.2, 0) is 11.2 Å². The summed E-state index contributed by atoms with van der Waals surface area (Å²) in [5.41, 5.74) is 1.65. The fraction of sp³-hybridized carbons (Fsp3) is 0.600. The number of aliphatic hydroxyl groups is 1. The second kappa shape index (κ2) is 7.16. The van der Waals surface area contributed by atoms with Crippen molar-refractivity contribution < 1.29 is 14.7 Å². The number of carbonyl (C=O) groups excluding carboxylic acids is 2. The van der Waals surface area contributed by atoms with Crippen molar-refractivity contribution in [3.05, 3.63) is 29.3 Å². The van der Waals surface area contributed by atoms with Gasteiger partial charge in [-0.25, -0.2) is 0 Å². The minimum atomic E-state index is -0.863. The first kappa shape index (κ1) is 17.9. The summed E-state index contributed by atoms with van der Waals surface area (Å²) >= 11 is 0. The maximum atomic E-state index is 12.5. The van der Waals surface area contributed by atoms with Gasteiger partial charge in [0, 0.05) is 31.3 Å². The number of carbonyl (C=O) groups is 2. The number of amides is 2. The van der Waals surface area contributed by atoms with Gasteiger partial charge in [-0.15, -0.1) is 0 Å². The highest BCUT2D eigenvalue weighted by atomic mass is 16.3. The Morgan fingerprint density at radius 2 is 2.00 bits per heavy atom. The van der Waals surface area contributed by atoms with Crippen LogP contribution < -0.4 is 10.2 Å². The molecule has 1 heterocycles. The molecular weight excluding hydrogens is 316 g/mol. The molecule has 1 saturated carbocycles. The highest BCUT2D eigenvalue weighted by molar-refractivity contribution is 5.97. The summed E-state index contributed by atoms with van der Waals surface area (Å²) in [7, 11) is 0. The quantitative estimate of drug-likeness (QED) is 0.882. The molecule has 0 radical (unpaired) electrons. The van der Waals surface area contributed by atoms with Crippen LogP contribution in [0.4, 0.5) is 5.69 Å². The fourth-order valence-corrected chi connectivity index (χ4v) is 4.10. The molecule has 1 unspecified atom stereocenters. The zero-order valence-electron chi connectivity index (χ0n) is 15.2. The Balaban J connectivity index is 1.63. The second-order valence-corrected chi connectivity index (χ2v) is 7.64. The minimum absolute atomic E-state index is 0.0273. The van der Waals surface area contributed by atoms with Crippen LogP contribution in [-0.4, -0.2) is 35.6 Å². The molecule has 0 aromatic heterocycles. The van der Waals surface area contributed by atoms with Crippen molar-refractivity contribution in [1.29, 1.82) is 0 Å². The van der Waals surface area contributed by atoms with Gasteiger partial charge in [-0.05, 0) is 55.9 Å². The lowest BCUT2D eigenvalue weighted by Gasteiger charge is -2.35.